The lowest BCUT2D eigenvalue weighted by Crippen LogP contribution is -2.24. The highest BCUT2D eigenvalue weighted by Gasteiger charge is 2.30. The zero-order chi connectivity index (χ0) is 24.1. The molecule has 178 valence electrons. The van der Waals surface area contributed by atoms with Gasteiger partial charge in [0.15, 0.2) is 6.10 Å². The average molecular weight is 468 g/mol. The molecule has 1 saturated carbocycles. The molecule has 2 unspecified atom stereocenters. The van der Waals surface area contributed by atoms with E-state index in [-0.39, 0.29) is 18.1 Å². The molecule has 2 atom stereocenters. The molecule has 1 heterocycles. The first-order chi connectivity index (χ1) is 16.4. The number of nitrogens with one attached hydrogen (secondary N) is 1. The van der Waals surface area contributed by atoms with Gasteiger partial charge < -0.3 is 19.1 Å². The highest BCUT2D eigenvalue weighted by atomic mass is 19.1. The highest BCUT2D eigenvalue weighted by Crippen LogP contribution is 2.35. The summed E-state index contributed by atoms with van der Waals surface area (Å²) in [7, 11) is 0. The van der Waals surface area contributed by atoms with Crippen LogP contribution in [0.25, 0.3) is 11.1 Å². The SMILES string of the molecule is CC(OC(=O)Nc1onc(F)c1-c1ccc(COC(CC2CC2)C(=O)O)cc1)c1ccccc1. The Morgan fingerprint density at radius 1 is 1.18 bits per heavy atom. The minimum atomic E-state index is -0.973. The van der Waals surface area contributed by atoms with Crippen LogP contribution in [0, 0.1) is 11.9 Å². The molecule has 2 aromatic carbocycles. The van der Waals surface area contributed by atoms with Crippen LogP contribution in [0.1, 0.15) is 43.4 Å². The van der Waals surface area contributed by atoms with Crippen LogP contribution in [-0.4, -0.2) is 28.4 Å². The van der Waals surface area contributed by atoms with Crippen molar-refractivity contribution >= 4 is 17.9 Å². The second kappa shape index (κ2) is 10.5. The van der Waals surface area contributed by atoms with Gasteiger partial charge in [-0.05, 0) is 41.1 Å². The Morgan fingerprint density at radius 3 is 2.53 bits per heavy atom. The molecule has 1 aliphatic rings. The predicted molar refractivity (Wildman–Crippen MR) is 120 cm³/mol. The number of carbonyl (C=O) groups excluding carboxylic acids is 1. The van der Waals surface area contributed by atoms with Crippen molar-refractivity contribution in [3.63, 3.8) is 0 Å². The lowest BCUT2D eigenvalue weighted by molar-refractivity contribution is -0.152. The summed E-state index contributed by atoms with van der Waals surface area (Å²) < 4.78 is 30.2. The average Bonchev–Trinajstić information content (AvgIpc) is 3.58. The standard InChI is InChI=1S/C25H25FN2O6/c1-15(18-5-3-2-4-6-18)33-25(31)27-23-21(22(26)28-34-23)19-11-9-17(10-12-19)14-32-20(24(29)30)13-16-7-8-16/h2-6,9-12,15-16,20H,7-8,13-14H2,1H3,(H,27,31)(H,29,30). The van der Waals surface area contributed by atoms with Crippen LogP contribution in [0.2, 0.25) is 0 Å². The van der Waals surface area contributed by atoms with Crippen LogP contribution >= 0.6 is 0 Å². The van der Waals surface area contributed by atoms with E-state index in [1.807, 2.05) is 30.3 Å². The topological polar surface area (TPSA) is 111 Å². The number of ether oxygens (including phenoxy) is 2. The number of hydrogen-bond donors (Lipinski definition) is 2. The van der Waals surface area contributed by atoms with E-state index in [1.165, 1.54) is 0 Å². The van der Waals surface area contributed by atoms with Gasteiger partial charge in [0.05, 0.1) is 6.61 Å². The second-order valence-corrected chi connectivity index (χ2v) is 8.27. The monoisotopic (exact) mass is 468 g/mol. The normalized spacial score (nSPS) is 14.9. The van der Waals surface area contributed by atoms with Crippen LogP contribution in [0.3, 0.4) is 0 Å². The molecule has 34 heavy (non-hydrogen) atoms. The van der Waals surface area contributed by atoms with E-state index >= 15 is 0 Å². The summed E-state index contributed by atoms with van der Waals surface area (Å²) in [5.41, 5.74) is 1.94. The summed E-state index contributed by atoms with van der Waals surface area (Å²) in [5, 5.41) is 15.0. The van der Waals surface area contributed by atoms with Crippen LogP contribution in [0.4, 0.5) is 15.1 Å². The third kappa shape index (κ3) is 5.99. The van der Waals surface area contributed by atoms with Crippen molar-refractivity contribution in [1.82, 2.24) is 5.16 Å². The molecule has 0 bridgehead atoms. The number of carboxylic acids is 1. The number of aliphatic carboxylic acids is 1. The second-order valence-electron chi connectivity index (χ2n) is 8.27. The summed E-state index contributed by atoms with van der Waals surface area (Å²) in [4.78, 5) is 23.7. The van der Waals surface area contributed by atoms with E-state index in [2.05, 4.69) is 10.5 Å². The van der Waals surface area contributed by atoms with Crippen molar-refractivity contribution < 1.29 is 33.1 Å². The van der Waals surface area contributed by atoms with E-state index in [0.29, 0.717) is 17.9 Å². The highest BCUT2D eigenvalue weighted by molar-refractivity contribution is 5.89. The first-order valence-electron chi connectivity index (χ1n) is 11.0. The molecule has 1 fully saturated rings. The lowest BCUT2D eigenvalue weighted by atomic mass is 10.1. The minimum Gasteiger partial charge on any atom is -0.479 e. The number of rotatable bonds is 10. The van der Waals surface area contributed by atoms with E-state index in [1.54, 1.807) is 31.2 Å². The molecule has 0 spiro atoms. The molecule has 8 nitrogen and oxygen atoms in total. The number of anilines is 1. The molecule has 0 aliphatic heterocycles. The third-order valence-corrected chi connectivity index (χ3v) is 5.63. The summed E-state index contributed by atoms with van der Waals surface area (Å²) in [6.45, 7) is 1.84. The van der Waals surface area contributed by atoms with Gasteiger partial charge in [-0.1, -0.05) is 67.4 Å². The Labute approximate surface area is 195 Å². The van der Waals surface area contributed by atoms with E-state index in [9.17, 15) is 19.1 Å². The lowest BCUT2D eigenvalue weighted by Gasteiger charge is -2.14. The summed E-state index contributed by atoms with van der Waals surface area (Å²) >= 11 is 0. The van der Waals surface area contributed by atoms with Gasteiger partial charge in [0.1, 0.15) is 11.7 Å². The van der Waals surface area contributed by atoms with Crippen LogP contribution in [0.15, 0.2) is 59.1 Å². The van der Waals surface area contributed by atoms with Crippen molar-refractivity contribution in [2.45, 2.75) is 45.0 Å². The number of carbonyl (C=O) groups is 2. The van der Waals surface area contributed by atoms with Gasteiger partial charge in [0, 0.05) is 0 Å². The van der Waals surface area contributed by atoms with Gasteiger partial charge in [0.2, 0.25) is 5.88 Å². The molecular weight excluding hydrogens is 443 g/mol. The van der Waals surface area contributed by atoms with Gasteiger partial charge in [-0.3, -0.25) is 5.32 Å². The first kappa shape index (κ1) is 23.4. The number of carboxylic acid groups (broad SMARTS) is 1. The van der Waals surface area contributed by atoms with Gasteiger partial charge in [-0.25, -0.2) is 9.59 Å². The Bertz CT molecular complexity index is 1130. The minimum absolute atomic E-state index is 0.0195. The van der Waals surface area contributed by atoms with Crippen molar-refractivity contribution in [1.29, 1.82) is 0 Å². The van der Waals surface area contributed by atoms with Crippen molar-refractivity contribution in [3.8, 4) is 11.1 Å². The quantitative estimate of drug-likeness (QED) is 0.401. The van der Waals surface area contributed by atoms with E-state index in [4.69, 9.17) is 14.0 Å². The number of benzene rings is 2. The third-order valence-electron chi connectivity index (χ3n) is 5.63. The molecular formula is C25H25FN2O6. The molecule has 0 saturated heterocycles. The molecule has 1 amide bonds. The maximum Gasteiger partial charge on any atom is 0.414 e. The fourth-order valence-corrected chi connectivity index (χ4v) is 3.54. The largest absolute Gasteiger partial charge is 0.479 e. The zero-order valence-corrected chi connectivity index (χ0v) is 18.6. The number of aromatic nitrogens is 1. The maximum atomic E-state index is 14.4. The van der Waals surface area contributed by atoms with Gasteiger partial charge in [0.25, 0.3) is 5.95 Å². The van der Waals surface area contributed by atoms with Gasteiger partial charge in [-0.15, -0.1) is 0 Å². The van der Waals surface area contributed by atoms with E-state index in [0.717, 1.165) is 24.0 Å². The fraction of sp³-hybridized carbons (Fsp3) is 0.320. The first-order valence-corrected chi connectivity index (χ1v) is 11.0. The number of hydrogen-bond acceptors (Lipinski definition) is 6. The Morgan fingerprint density at radius 2 is 1.88 bits per heavy atom. The summed E-state index contributed by atoms with van der Waals surface area (Å²) in [6.07, 6.45) is 0.415. The number of amides is 1. The van der Waals surface area contributed by atoms with Crippen molar-refractivity contribution in [3.05, 3.63) is 71.7 Å². The predicted octanol–water partition coefficient (Wildman–Crippen LogP) is 5.56. The number of halogens is 1. The Kier molecular flexibility index (Phi) is 7.22. The molecule has 4 rings (SSSR count). The number of nitrogens with zero attached hydrogens (tertiary/aromatic N) is 1. The van der Waals surface area contributed by atoms with E-state index < -0.39 is 30.2 Å². The molecule has 2 N–H and O–H groups in total. The Hall–Kier alpha value is -3.72. The fourth-order valence-electron chi connectivity index (χ4n) is 3.54. The molecule has 3 aromatic rings. The molecule has 0 radical (unpaired) electrons. The van der Waals surface area contributed by atoms with Gasteiger partial charge in [-0.2, -0.15) is 4.39 Å². The Balaban J connectivity index is 1.39. The molecule has 9 heteroatoms. The summed E-state index contributed by atoms with van der Waals surface area (Å²) in [5.74, 6) is -1.61. The smallest absolute Gasteiger partial charge is 0.414 e. The van der Waals surface area contributed by atoms with Crippen LogP contribution in [-0.2, 0) is 20.9 Å². The van der Waals surface area contributed by atoms with Crippen molar-refractivity contribution in [2.24, 2.45) is 5.92 Å². The van der Waals surface area contributed by atoms with Crippen LogP contribution in [0.5, 0.6) is 0 Å². The zero-order valence-electron chi connectivity index (χ0n) is 18.6. The van der Waals surface area contributed by atoms with Gasteiger partial charge >= 0.3 is 12.1 Å². The molecule has 1 aromatic heterocycles. The van der Waals surface area contributed by atoms with Crippen molar-refractivity contribution in [2.75, 3.05) is 5.32 Å². The molecule has 1 aliphatic carbocycles. The summed E-state index contributed by atoms with van der Waals surface area (Å²) in [6, 6.07) is 15.8. The maximum absolute atomic E-state index is 14.4. The van der Waals surface area contributed by atoms with Crippen LogP contribution < -0.4 is 5.32 Å².